The first kappa shape index (κ1) is 54.0. The number of hydrogen-bond acceptors (Lipinski definition) is 1. The molecule has 0 bridgehead atoms. The zero-order chi connectivity index (χ0) is 65.8. The van der Waals surface area contributed by atoms with Gasteiger partial charge in [-0.05, 0) is 156 Å². The topological polar surface area (TPSA) is 41.7 Å². The van der Waals surface area contributed by atoms with Crippen molar-refractivity contribution in [2.24, 2.45) is 0 Å². The number of benzene rings is 15. The first-order valence-electron chi connectivity index (χ1n) is 35.2. The minimum atomic E-state index is -0.449. The highest BCUT2D eigenvalue weighted by Crippen LogP contribution is 2.54. The van der Waals surface area contributed by atoms with Crippen LogP contribution in [0.25, 0.3) is 208 Å². The molecule has 0 radical (unpaired) electrons. The molecule has 24 rings (SSSR count). The molecule has 0 saturated carbocycles. The highest BCUT2D eigenvalue weighted by molar-refractivity contribution is 6.42. The van der Waals surface area contributed by atoms with Gasteiger partial charge in [-0.15, -0.1) is 0 Å². The Kier molecular flexibility index (Phi) is 10.2. The predicted octanol–water partition coefficient (Wildman–Crippen LogP) is 24.8. The molecule has 101 heavy (non-hydrogen) atoms. The Morgan fingerprint density at radius 3 is 1.20 bits per heavy atom. The van der Waals surface area contributed by atoms with Crippen molar-refractivity contribution in [1.29, 1.82) is 0 Å². The van der Waals surface area contributed by atoms with E-state index < -0.39 is 5.41 Å². The molecule has 9 heterocycles. The van der Waals surface area contributed by atoms with Crippen LogP contribution in [0.5, 0.6) is 0 Å². The van der Waals surface area contributed by atoms with Crippen LogP contribution in [-0.2, 0) is 11.8 Å². The Labute approximate surface area is 576 Å². The van der Waals surface area contributed by atoms with Gasteiger partial charge < -0.3 is 31.5 Å². The summed E-state index contributed by atoms with van der Waals surface area (Å²) in [5.41, 5.74) is 25.2. The van der Waals surface area contributed by atoms with Crippen LogP contribution in [0.3, 0.4) is 0 Å². The fraction of sp³-hybridized carbons (Fsp3) is 0.0426. The molecule has 24 aromatic rings. The van der Waals surface area contributed by atoms with E-state index in [2.05, 4.69) is 344 Å². The first-order chi connectivity index (χ1) is 49.9. The number of rotatable bonds is 7. The van der Waals surface area contributed by atoms with E-state index in [0.29, 0.717) is 0 Å². The highest BCUT2D eigenvalue weighted by atomic mass is 16.3. The van der Waals surface area contributed by atoms with Crippen LogP contribution in [0.15, 0.2) is 308 Å². The molecular formula is C94H58N6O. The molecule has 0 unspecified atom stereocenters. The summed E-state index contributed by atoms with van der Waals surface area (Å²) in [6, 6.07) is 113. The molecule has 0 amide bonds. The lowest BCUT2D eigenvalue weighted by molar-refractivity contribution is 0.525. The van der Waals surface area contributed by atoms with Gasteiger partial charge in [0, 0.05) is 120 Å². The van der Waals surface area contributed by atoms with E-state index in [1.807, 2.05) is 0 Å². The second-order valence-electron chi connectivity index (χ2n) is 28.8. The summed E-state index contributed by atoms with van der Waals surface area (Å²) in [7, 11) is 0. The van der Waals surface area contributed by atoms with Gasteiger partial charge in [0.2, 0.25) is 0 Å². The summed E-state index contributed by atoms with van der Waals surface area (Å²) in [6.07, 6.45) is 0.728. The molecule has 0 N–H and O–H groups in total. The van der Waals surface area contributed by atoms with Crippen LogP contribution in [-0.4, -0.2) is 27.1 Å². The summed E-state index contributed by atoms with van der Waals surface area (Å²) >= 11 is 0. The lowest BCUT2D eigenvalue weighted by Crippen LogP contribution is -2.21. The van der Waals surface area contributed by atoms with Crippen molar-refractivity contribution < 1.29 is 4.42 Å². The molecule has 0 aliphatic heterocycles. The molecule has 0 atom stereocenters. The Hall–Kier alpha value is -13.1. The van der Waals surface area contributed by atoms with E-state index in [9.17, 15) is 0 Å². The number of furan rings is 1. The molecular weight excluding hydrogens is 1230 g/mol. The van der Waals surface area contributed by atoms with E-state index >= 15 is 0 Å². The van der Waals surface area contributed by atoms with Gasteiger partial charge in [0.25, 0.3) is 0 Å². The van der Waals surface area contributed by atoms with Crippen molar-refractivity contribution in [1.82, 2.24) is 27.1 Å². The predicted molar refractivity (Wildman–Crippen MR) is 424 cm³/mol. The van der Waals surface area contributed by atoms with Gasteiger partial charge in [-0.3, -0.25) is 0 Å². The van der Waals surface area contributed by atoms with Crippen LogP contribution in [0, 0.1) is 0 Å². The Balaban J connectivity index is 0.843. The normalized spacial score (nSPS) is 12.9. The standard InChI is InChI=1S/C94H58N6O/c1-94(2,55-46-71-68-48-66-61-34-16-20-38-74(61)95(56-25-7-3-8-26-56)79(66)51-81(68)99-82-52-80-67(49-69(82)72(47-55)90(71)99)62-35-17-21-39-75(62)96(80)57-27-9-4-10-28-57)53-54-45-70-63-36-18-23-41-77(63)98(59-31-13-6-14-32-59)92(70)86-73-50-84-85(65-37-19-24-42-83(65)101-84)88-87-78(100(89(54)86)93(73)88)44-43-64-60-33-15-22-40-76(60)97(91(64)87)58-29-11-5-12-30-58/h3-52H,53H2,1-2H3. The molecule has 9 aromatic heterocycles. The van der Waals surface area contributed by atoms with Gasteiger partial charge in [0.05, 0.1) is 77.2 Å². The Bertz CT molecular complexity index is 7520. The van der Waals surface area contributed by atoms with Gasteiger partial charge in [-0.2, -0.15) is 0 Å². The van der Waals surface area contributed by atoms with Crippen molar-refractivity contribution in [2.45, 2.75) is 25.7 Å². The third-order valence-electron chi connectivity index (χ3n) is 23.1. The monoisotopic (exact) mass is 1290 g/mol. The fourth-order valence-corrected chi connectivity index (χ4v) is 19.0. The first-order valence-corrected chi connectivity index (χ1v) is 35.2. The van der Waals surface area contributed by atoms with Crippen LogP contribution in [0.2, 0.25) is 0 Å². The fourth-order valence-electron chi connectivity index (χ4n) is 19.0. The second kappa shape index (κ2) is 19.2. The third kappa shape index (κ3) is 6.87. The van der Waals surface area contributed by atoms with E-state index in [0.717, 1.165) is 51.1 Å². The molecule has 15 aromatic carbocycles. The lowest BCUT2D eigenvalue weighted by Gasteiger charge is -2.27. The average Bonchev–Trinajstić information content (AvgIpc) is 1.51. The third-order valence-corrected chi connectivity index (χ3v) is 23.1. The summed E-state index contributed by atoms with van der Waals surface area (Å²) in [5, 5.41) is 22.0. The van der Waals surface area contributed by atoms with E-state index in [-0.39, 0.29) is 0 Å². The quantitative estimate of drug-likeness (QED) is 0.157. The highest BCUT2D eigenvalue weighted by Gasteiger charge is 2.34. The van der Waals surface area contributed by atoms with Crippen LogP contribution in [0.1, 0.15) is 25.0 Å². The zero-order valence-electron chi connectivity index (χ0n) is 55.2. The molecule has 0 aliphatic rings. The van der Waals surface area contributed by atoms with Gasteiger partial charge in [-0.1, -0.05) is 184 Å². The van der Waals surface area contributed by atoms with Crippen LogP contribution < -0.4 is 0 Å². The summed E-state index contributed by atoms with van der Waals surface area (Å²) < 4.78 is 22.5. The summed E-state index contributed by atoms with van der Waals surface area (Å²) in [4.78, 5) is 0. The number of fused-ring (bicyclic) bond motifs is 30. The summed E-state index contributed by atoms with van der Waals surface area (Å²) in [6.45, 7) is 5.02. The molecule has 7 heteroatoms. The van der Waals surface area contributed by atoms with Crippen molar-refractivity contribution >= 4 is 185 Å². The molecule has 0 spiro atoms. The number of hydrogen-bond donors (Lipinski definition) is 0. The van der Waals surface area contributed by atoms with E-state index in [1.54, 1.807) is 0 Å². The van der Waals surface area contributed by atoms with Crippen molar-refractivity contribution in [2.75, 3.05) is 0 Å². The molecule has 470 valence electrons. The maximum Gasteiger partial charge on any atom is 0.136 e. The largest absolute Gasteiger partial charge is 0.456 e. The minimum Gasteiger partial charge on any atom is -0.456 e. The number of para-hydroxylation sites is 9. The van der Waals surface area contributed by atoms with Gasteiger partial charge >= 0.3 is 0 Å². The minimum absolute atomic E-state index is 0.449. The number of nitrogens with zero attached hydrogens (tertiary/aromatic N) is 6. The SMILES string of the molecule is CC(C)(Cc1cc2c3ccccc3n(-c3ccccc3)c2c2c3cc4oc5ccccc5c4c4c5c6c(ccc5n(c12)c34)c1ccccc1n6-c1ccccc1)c1cc2c3cc4c5ccccc5n(-c5ccccc5)c4cc3n3c4cc5c(cc4c(c1)c23)c1ccccc1n5-c1ccccc1. The van der Waals surface area contributed by atoms with Crippen molar-refractivity contribution in [3.63, 3.8) is 0 Å². The van der Waals surface area contributed by atoms with Crippen molar-refractivity contribution in [3.8, 4) is 22.7 Å². The van der Waals surface area contributed by atoms with Crippen LogP contribution in [0.4, 0.5) is 0 Å². The molecule has 0 fully saturated rings. The summed E-state index contributed by atoms with van der Waals surface area (Å²) in [5.74, 6) is 0. The van der Waals surface area contributed by atoms with Gasteiger partial charge in [0.15, 0.2) is 0 Å². The molecule has 0 aliphatic carbocycles. The van der Waals surface area contributed by atoms with Crippen LogP contribution >= 0.6 is 0 Å². The second-order valence-corrected chi connectivity index (χ2v) is 28.8. The number of aromatic nitrogens is 6. The van der Waals surface area contributed by atoms with Gasteiger partial charge in [0.1, 0.15) is 11.2 Å². The maximum atomic E-state index is 7.22. The smallest absolute Gasteiger partial charge is 0.136 e. The van der Waals surface area contributed by atoms with Gasteiger partial charge in [-0.25, -0.2) is 0 Å². The maximum absolute atomic E-state index is 7.22. The average molecular weight is 1290 g/mol. The van der Waals surface area contributed by atoms with Crippen molar-refractivity contribution in [3.05, 3.63) is 314 Å². The van der Waals surface area contributed by atoms with E-state index in [4.69, 9.17) is 4.42 Å². The Morgan fingerprint density at radius 2 is 0.663 bits per heavy atom. The Morgan fingerprint density at radius 1 is 0.238 bits per heavy atom. The lowest BCUT2D eigenvalue weighted by atomic mass is 9.77. The molecule has 0 saturated heterocycles. The molecule has 7 nitrogen and oxygen atoms in total. The zero-order valence-corrected chi connectivity index (χ0v) is 55.2. The van der Waals surface area contributed by atoms with E-state index in [1.165, 1.54) is 175 Å².